The van der Waals surface area contributed by atoms with Crippen LogP contribution in [-0.2, 0) is 4.74 Å². The van der Waals surface area contributed by atoms with Crippen molar-refractivity contribution >= 4 is 0 Å². The maximum Gasteiger partial charge on any atom is 0.389 e. The number of nitrogens with two attached hydrogens (primary N) is 1. The second-order valence-corrected chi connectivity index (χ2v) is 3.89. The number of hydrogen-bond donors (Lipinski definition) is 2. The number of halogens is 3. The number of aliphatic hydroxyl groups is 1. The summed E-state index contributed by atoms with van der Waals surface area (Å²) in [5.41, 5.74) is 4.87. The molecule has 0 rings (SSSR count). The van der Waals surface area contributed by atoms with Gasteiger partial charge in [-0.2, -0.15) is 13.2 Å². The van der Waals surface area contributed by atoms with Crippen LogP contribution >= 0.6 is 0 Å². The minimum atomic E-state index is -4.11. The number of alkyl halides is 3. The maximum absolute atomic E-state index is 11.7. The minimum Gasteiger partial charge on any atom is -0.394 e. The molecule has 0 amide bonds. The molecule has 6 heteroatoms. The fourth-order valence-electron chi connectivity index (χ4n) is 0.861. The Labute approximate surface area is 87.4 Å². The standard InChI is InChI=1S/C9H18F3NO2/c1-8(13,7-14)4-6-15-5-2-3-9(10,11)12/h14H,2-7,13H2,1H3. The van der Waals surface area contributed by atoms with Crippen molar-refractivity contribution in [2.45, 2.75) is 37.9 Å². The molecule has 3 N–H and O–H groups in total. The van der Waals surface area contributed by atoms with E-state index in [4.69, 9.17) is 15.6 Å². The van der Waals surface area contributed by atoms with Crippen LogP contribution in [-0.4, -0.2) is 36.6 Å². The lowest BCUT2D eigenvalue weighted by Gasteiger charge is -2.21. The first-order chi connectivity index (χ1) is 6.77. The van der Waals surface area contributed by atoms with Crippen LogP contribution in [0.2, 0.25) is 0 Å². The summed E-state index contributed by atoms with van der Waals surface area (Å²) in [6, 6.07) is 0. The molecular formula is C9H18F3NO2. The van der Waals surface area contributed by atoms with Gasteiger partial charge < -0.3 is 15.6 Å². The van der Waals surface area contributed by atoms with Gasteiger partial charge in [-0.3, -0.25) is 0 Å². The zero-order valence-electron chi connectivity index (χ0n) is 8.81. The SMILES string of the molecule is CC(N)(CO)CCOCCCC(F)(F)F. The molecule has 0 aromatic carbocycles. The third-order valence-corrected chi connectivity index (χ3v) is 1.93. The summed E-state index contributed by atoms with van der Waals surface area (Å²) >= 11 is 0. The smallest absolute Gasteiger partial charge is 0.389 e. The second-order valence-electron chi connectivity index (χ2n) is 3.89. The van der Waals surface area contributed by atoms with Gasteiger partial charge in [-0.25, -0.2) is 0 Å². The zero-order chi connectivity index (χ0) is 11.9. The molecule has 0 saturated carbocycles. The number of hydrogen-bond acceptors (Lipinski definition) is 3. The Hall–Kier alpha value is -0.330. The molecule has 0 radical (unpaired) electrons. The highest BCUT2D eigenvalue weighted by Gasteiger charge is 2.26. The molecule has 1 unspecified atom stereocenters. The van der Waals surface area contributed by atoms with Gasteiger partial charge in [-0.1, -0.05) is 0 Å². The van der Waals surface area contributed by atoms with Crippen LogP contribution in [0.1, 0.15) is 26.2 Å². The minimum absolute atomic E-state index is 0.0378. The van der Waals surface area contributed by atoms with Gasteiger partial charge in [-0.15, -0.1) is 0 Å². The quantitative estimate of drug-likeness (QED) is 0.649. The molecule has 15 heavy (non-hydrogen) atoms. The van der Waals surface area contributed by atoms with Crippen molar-refractivity contribution in [1.29, 1.82) is 0 Å². The third-order valence-electron chi connectivity index (χ3n) is 1.93. The van der Waals surface area contributed by atoms with Crippen molar-refractivity contribution in [2.75, 3.05) is 19.8 Å². The van der Waals surface area contributed by atoms with E-state index in [-0.39, 0.29) is 26.2 Å². The van der Waals surface area contributed by atoms with E-state index < -0.39 is 18.1 Å². The molecule has 0 heterocycles. The van der Waals surface area contributed by atoms with Crippen LogP contribution in [0, 0.1) is 0 Å². The lowest BCUT2D eigenvalue weighted by Crippen LogP contribution is -2.41. The molecule has 0 aliphatic rings. The second kappa shape index (κ2) is 6.30. The summed E-state index contributed by atoms with van der Waals surface area (Å²) in [5.74, 6) is 0. The Balaban J connectivity index is 3.33. The Bertz CT molecular complexity index is 171. The number of aliphatic hydroxyl groups excluding tert-OH is 1. The van der Waals surface area contributed by atoms with Gasteiger partial charge in [-0.05, 0) is 19.8 Å². The molecule has 0 spiro atoms. The van der Waals surface area contributed by atoms with Crippen molar-refractivity contribution in [3.05, 3.63) is 0 Å². The lowest BCUT2D eigenvalue weighted by molar-refractivity contribution is -0.138. The van der Waals surface area contributed by atoms with Crippen LogP contribution in [0.4, 0.5) is 13.2 Å². The average Bonchev–Trinajstić information content (AvgIpc) is 2.09. The average molecular weight is 229 g/mol. The van der Waals surface area contributed by atoms with Gasteiger partial charge >= 0.3 is 6.18 Å². The van der Waals surface area contributed by atoms with E-state index in [9.17, 15) is 13.2 Å². The van der Waals surface area contributed by atoms with E-state index in [0.717, 1.165) is 0 Å². The summed E-state index contributed by atoms with van der Waals surface area (Å²) in [5, 5.41) is 8.77. The van der Waals surface area contributed by atoms with E-state index >= 15 is 0 Å². The van der Waals surface area contributed by atoms with Crippen molar-refractivity contribution in [1.82, 2.24) is 0 Å². The molecule has 0 saturated heterocycles. The molecule has 0 aromatic rings. The van der Waals surface area contributed by atoms with E-state index in [1.54, 1.807) is 6.92 Å². The first-order valence-electron chi connectivity index (χ1n) is 4.81. The molecule has 0 bridgehead atoms. The maximum atomic E-state index is 11.7. The van der Waals surface area contributed by atoms with Crippen LogP contribution in [0.3, 0.4) is 0 Å². The molecule has 0 aliphatic heterocycles. The molecule has 3 nitrogen and oxygen atoms in total. The predicted molar refractivity (Wildman–Crippen MR) is 50.4 cm³/mol. The number of rotatable bonds is 7. The van der Waals surface area contributed by atoms with Gasteiger partial charge in [0.25, 0.3) is 0 Å². The first-order valence-corrected chi connectivity index (χ1v) is 4.81. The Morgan fingerprint density at radius 1 is 1.20 bits per heavy atom. The Morgan fingerprint density at radius 2 is 1.80 bits per heavy atom. The zero-order valence-corrected chi connectivity index (χ0v) is 8.81. The summed E-state index contributed by atoms with van der Waals surface area (Å²) in [6.07, 6.45) is -4.55. The van der Waals surface area contributed by atoms with Crippen LogP contribution in [0.25, 0.3) is 0 Å². The largest absolute Gasteiger partial charge is 0.394 e. The topological polar surface area (TPSA) is 55.5 Å². The summed E-state index contributed by atoms with van der Waals surface area (Å²) in [4.78, 5) is 0. The van der Waals surface area contributed by atoms with Gasteiger partial charge in [0.2, 0.25) is 0 Å². The van der Waals surface area contributed by atoms with Crippen LogP contribution in [0.15, 0.2) is 0 Å². The number of ether oxygens (including phenoxy) is 1. The highest BCUT2D eigenvalue weighted by Crippen LogP contribution is 2.21. The normalized spacial score (nSPS) is 16.4. The predicted octanol–water partition coefficient (Wildman–Crippen LogP) is 1.45. The molecule has 0 aromatic heterocycles. The Morgan fingerprint density at radius 3 is 2.27 bits per heavy atom. The van der Waals surface area contributed by atoms with E-state index in [1.807, 2.05) is 0 Å². The fourth-order valence-corrected chi connectivity index (χ4v) is 0.861. The fraction of sp³-hybridized carbons (Fsp3) is 1.00. The molecule has 0 fully saturated rings. The summed E-state index contributed by atoms with van der Waals surface area (Å²) in [7, 11) is 0. The van der Waals surface area contributed by atoms with Crippen LogP contribution in [0.5, 0.6) is 0 Å². The molecule has 92 valence electrons. The molecule has 1 atom stereocenters. The van der Waals surface area contributed by atoms with Crippen molar-refractivity contribution in [3.63, 3.8) is 0 Å². The van der Waals surface area contributed by atoms with Crippen LogP contribution < -0.4 is 5.73 Å². The Kier molecular flexibility index (Phi) is 6.16. The van der Waals surface area contributed by atoms with E-state index in [0.29, 0.717) is 6.42 Å². The van der Waals surface area contributed by atoms with Crippen molar-refractivity contribution in [3.8, 4) is 0 Å². The summed E-state index contributed by atoms with van der Waals surface area (Å²) < 4.78 is 40.1. The monoisotopic (exact) mass is 229 g/mol. The van der Waals surface area contributed by atoms with Crippen molar-refractivity contribution in [2.24, 2.45) is 5.73 Å². The highest BCUT2D eigenvalue weighted by molar-refractivity contribution is 4.76. The van der Waals surface area contributed by atoms with E-state index in [1.165, 1.54) is 0 Å². The lowest BCUT2D eigenvalue weighted by atomic mass is 10.0. The molecular weight excluding hydrogens is 211 g/mol. The van der Waals surface area contributed by atoms with Gasteiger partial charge in [0.1, 0.15) is 0 Å². The van der Waals surface area contributed by atoms with Crippen molar-refractivity contribution < 1.29 is 23.0 Å². The van der Waals surface area contributed by atoms with E-state index in [2.05, 4.69) is 0 Å². The first kappa shape index (κ1) is 14.7. The van der Waals surface area contributed by atoms with Gasteiger partial charge in [0.15, 0.2) is 0 Å². The summed E-state index contributed by atoms with van der Waals surface area (Å²) in [6.45, 7) is 1.83. The highest BCUT2D eigenvalue weighted by atomic mass is 19.4. The third kappa shape index (κ3) is 9.96. The van der Waals surface area contributed by atoms with Gasteiger partial charge in [0, 0.05) is 25.2 Å². The van der Waals surface area contributed by atoms with Gasteiger partial charge in [0.05, 0.1) is 6.61 Å². The molecule has 0 aliphatic carbocycles.